The molecule has 3 aliphatic rings. The van der Waals surface area contributed by atoms with Crippen LogP contribution in [-0.4, -0.2) is 74.3 Å². The van der Waals surface area contributed by atoms with E-state index in [0.29, 0.717) is 54.0 Å². The second kappa shape index (κ2) is 12.2. The first-order chi connectivity index (χ1) is 21.4. The van der Waals surface area contributed by atoms with Gasteiger partial charge in [-0.25, -0.2) is 0 Å². The number of nitrogens with one attached hydrogen (secondary N) is 2. The van der Waals surface area contributed by atoms with Crippen molar-refractivity contribution in [3.63, 3.8) is 0 Å². The number of hydrogen-bond acceptors (Lipinski definition) is 7. The molecule has 10 nitrogen and oxygen atoms in total. The standard InChI is InChI=1S/C34H35N3O7/c1-3-34(22-10-5-4-6-11-22)20-44-29-26(31(39)35-2)16-21(17-27(29)34)30(38)36-15-9-14-28-42-18-23(19-43-28)37-32(40)24-12-7-8-13-25(24)33(37)41/h4-8,10-13,16-17,23,28H,3,9,14-15,18-20H2,1-2H3,(H,35,39)(H,36,38)/t23?,28?,34-/m0/s1. The number of carbonyl (C=O) groups is 4. The number of fused-ring (bicyclic) bond motifs is 2. The van der Waals surface area contributed by atoms with Crippen LogP contribution in [0.15, 0.2) is 66.7 Å². The molecule has 0 aromatic heterocycles. The normalized spacial score (nSPS) is 22.3. The molecule has 1 saturated heterocycles. The highest BCUT2D eigenvalue weighted by Crippen LogP contribution is 2.47. The predicted molar refractivity (Wildman–Crippen MR) is 161 cm³/mol. The van der Waals surface area contributed by atoms with Crippen molar-refractivity contribution in [2.75, 3.05) is 33.4 Å². The van der Waals surface area contributed by atoms with Crippen molar-refractivity contribution < 1.29 is 33.4 Å². The zero-order chi connectivity index (χ0) is 30.8. The Morgan fingerprint density at radius 3 is 2.23 bits per heavy atom. The van der Waals surface area contributed by atoms with Crippen molar-refractivity contribution in [2.24, 2.45) is 0 Å². The maximum Gasteiger partial charge on any atom is 0.261 e. The summed E-state index contributed by atoms with van der Waals surface area (Å²) in [6.07, 6.45) is 1.32. The smallest absolute Gasteiger partial charge is 0.261 e. The number of carbonyl (C=O) groups excluding carboxylic acids is 4. The van der Waals surface area contributed by atoms with Gasteiger partial charge in [-0.15, -0.1) is 0 Å². The van der Waals surface area contributed by atoms with Crippen LogP contribution in [0.25, 0.3) is 0 Å². The van der Waals surface area contributed by atoms with Gasteiger partial charge in [-0.3, -0.25) is 24.1 Å². The Morgan fingerprint density at radius 2 is 1.59 bits per heavy atom. The fraction of sp³-hybridized carbons (Fsp3) is 0.353. The lowest BCUT2D eigenvalue weighted by Gasteiger charge is -2.33. The van der Waals surface area contributed by atoms with Gasteiger partial charge in [-0.1, -0.05) is 49.4 Å². The van der Waals surface area contributed by atoms with Crippen molar-refractivity contribution >= 4 is 23.6 Å². The van der Waals surface area contributed by atoms with Gasteiger partial charge in [0.1, 0.15) is 12.4 Å². The quantitative estimate of drug-likeness (QED) is 0.285. The number of amides is 4. The van der Waals surface area contributed by atoms with E-state index < -0.39 is 17.7 Å². The summed E-state index contributed by atoms with van der Waals surface area (Å²) in [6, 6.07) is 19.7. The fourth-order valence-electron chi connectivity index (χ4n) is 6.30. The highest BCUT2D eigenvalue weighted by Gasteiger charge is 2.44. The molecule has 10 heteroatoms. The summed E-state index contributed by atoms with van der Waals surface area (Å²) in [7, 11) is 1.55. The number of rotatable bonds is 9. The molecule has 3 aromatic carbocycles. The van der Waals surface area contributed by atoms with E-state index in [0.717, 1.165) is 17.5 Å². The Bertz CT molecular complexity index is 1560. The lowest BCUT2D eigenvalue weighted by molar-refractivity contribution is -0.199. The molecule has 0 spiro atoms. The molecule has 0 aliphatic carbocycles. The summed E-state index contributed by atoms with van der Waals surface area (Å²) in [6.45, 7) is 3.19. The zero-order valence-corrected chi connectivity index (χ0v) is 24.8. The second-order valence-corrected chi connectivity index (χ2v) is 11.2. The van der Waals surface area contributed by atoms with Crippen LogP contribution < -0.4 is 15.4 Å². The molecule has 1 fully saturated rings. The van der Waals surface area contributed by atoms with Gasteiger partial charge in [0.05, 0.1) is 41.4 Å². The Kier molecular flexibility index (Phi) is 8.20. The van der Waals surface area contributed by atoms with E-state index >= 15 is 0 Å². The molecule has 1 atom stereocenters. The molecule has 4 amide bonds. The van der Waals surface area contributed by atoms with Crippen LogP contribution >= 0.6 is 0 Å². The molecule has 6 rings (SSSR count). The predicted octanol–water partition coefficient (Wildman–Crippen LogP) is 3.68. The van der Waals surface area contributed by atoms with E-state index in [1.807, 2.05) is 36.4 Å². The third kappa shape index (κ3) is 5.14. The summed E-state index contributed by atoms with van der Waals surface area (Å²) in [5.74, 6) is -0.762. The summed E-state index contributed by atoms with van der Waals surface area (Å²) in [5.41, 5.74) is 2.93. The van der Waals surface area contributed by atoms with Gasteiger partial charge in [0.2, 0.25) is 0 Å². The molecular formula is C34H35N3O7. The lowest BCUT2D eigenvalue weighted by Crippen LogP contribution is -2.49. The highest BCUT2D eigenvalue weighted by atomic mass is 16.7. The van der Waals surface area contributed by atoms with E-state index in [1.54, 1.807) is 37.4 Å². The van der Waals surface area contributed by atoms with Gasteiger partial charge >= 0.3 is 0 Å². The maximum absolute atomic E-state index is 13.3. The Hall–Kier alpha value is -4.54. The maximum atomic E-state index is 13.3. The van der Waals surface area contributed by atoms with Crippen molar-refractivity contribution in [3.8, 4) is 5.75 Å². The van der Waals surface area contributed by atoms with E-state index in [2.05, 4.69) is 17.6 Å². The SMILES string of the molecule is CC[C@@]1(c2ccccc2)COc2c(C(=O)NC)cc(C(=O)NCCCC3OCC(N4C(=O)c5ccccc5C4=O)CO3)cc21. The third-order valence-corrected chi connectivity index (χ3v) is 8.77. The van der Waals surface area contributed by atoms with E-state index in [9.17, 15) is 19.2 Å². The topological polar surface area (TPSA) is 123 Å². The zero-order valence-electron chi connectivity index (χ0n) is 24.8. The summed E-state index contributed by atoms with van der Waals surface area (Å²) < 4.78 is 17.8. The van der Waals surface area contributed by atoms with Gasteiger partial charge in [0.15, 0.2) is 6.29 Å². The summed E-state index contributed by atoms with van der Waals surface area (Å²) in [4.78, 5) is 52.9. The van der Waals surface area contributed by atoms with Crippen LogP contribution in [-0.2, 0) is 14.9 Å². The van der Waals surface area contributed by atoms with Crippen molar-refractivity contribution in [2.45, 2.75) is 43.9 Å². The average Bonchev–Trinajstić information content (AvgIpc) is 3.58. The fourth-order valence-corrected chi connectivity index (χ4v) is 6.30. The minimum Gasteiger partial charge on any atom is -0.491 e. The molecule has 228 valence electrons. The Labute approximate surface area is 255 Å². The summed E-state index contributed by atoms with van der Waals surface area (Å²) in [5, 5.41) is 5.62. The van der Waals surface area contributed by atoms with Crippen LogP contribution in [0, 0.1) is 0 Å². The number of imide groups is 1. The van der Waals surface area contributed by atoms with Crippen molar-refractivity contribution in [1.82, 2.24) is 15.5 Å². The first-order valence-electron chi connectivity index (χ1n) is 14.9. The molecule has 3 aliphatic heterocycles. The Morgan fingerprint density at radius 1 is 0.932 bits per heavy atom. The molecule has 0 unspecified atom stereocenters. The molecular weight excluding hydrogens is 562 g/mol. The number of benzene rings is 3. The molecule has 3 aromatic rings. The monoisotopic (exact) mass is 597 g/mol. The minimum atomic E-state index is -0.508. The summed E-state index contributed by atoms with van der Waals surface area (Å²) >= 11 is 0. The lowest BCUT2D eigenvalue weighted by atomic mass is 9.73. The third-order valence-electron chi connectivity index (χ3n) is 8.77. The van der Waals surface area contributed by atoms with Crippen LogP contribution in [0.3, 0.4) is 0 Å². The average molecular weight is 598 g/mol. The number of nitrogens with zero attached hydrogens (tertiary/aromatic N) is 1. The molecule has 0 radical (unpaired) electrons. The van der Waals surface area contributed by atoms with Gasteiger partial charge in [0, 0.05) is 31.1 Å². The van der Waals surface area contributed by atoms with Crippen molar-refractivity contribution in [3.05, 3.63) is 100 Å². The highest BCUT2D eigenvalue weighted by molar-refractivity contribution is 6.21. The van der Waals surface area contributed by atoms with Crippen molar-refractivity contribution in [1.29, 1.82) is 0 Å². The molecule has 44 heavy (non-hydrogen) atoms. The first kappa shape index (κ1) is 29.5. The van der Waals surface area contributed by atoms with E-state index in [-0.39, 0.29) is 36.8 Å². The van der Waals surface area contributed by atoms with Crippen LogP contribution in [0.1, 0.15) is 78.7 Å². The largest absolute Gasteiger partial charge is 0.491 e. The molecule has 0 bridgehead atoms. The van der Waals surface area contributed by atoms with Gasteiger partial charge < -0.3 is 24.8 Å². The van der Waals surface area contributed by atoms with Gasteiger partial charge in [-0.05, 0) is 42.7 Å². The van der Waals surface area contributed by atoms with Gasteiger partial charge in [-0.2, -0.15) is 0 Å². The Balaban J connectivity index is 1.07. The molecule has 3 heterocycles. The second-order valence-electron chi connectivity index (χ2n) is 11.2. The molecule has 2 N–H and O–H groups in total. The first-order valence-corrected chi connectivity index (χ1v) is 14.9. The minimum absolute atomic E-state index is 0.183. The van der Waals surface area contributed by atoms with Crippen LogP contribution in [0.5, 0.6) is 5.75 Å². The van der Waals surface area contributed by atoms with Crippen LogP contribution in [0.2, 0.25) is 0 Å². The van der Waals surface area contributed by atoms with Crippen LogP contribution in [0.4, 0.5) is 0 Å². The number of hydrogen-bond donors (Lipinski definition) is 2. The molecule has 0 saturated carbocycles. The van der Waals surface area contributed by atoms with E-state index in [4.69, 9.17) is 14.2 Å². The number of ether oxygens (including phenoxy) is 3. The van der Waals surface area contributed by atoms with Gasteiger partial charge in [0.25, 0.3) is 23.6 Å². The van der Waals surface area contributed by atoms with E-state index in [1.165, 1.54) is 4.90 Å².